The van der Waals surface area contributed by atoms with E-state index in [2.05, 4.69) is 48.5 Å². The van der Waals surface area contributed by atoms with Gasteiger partial charge < -0.3 is 6.42 Å². The van der Waals surface area contributed by atoms with Crippen molar-refractivity contribution in [1.29, 1.82) is 0 Å². The maximum atomic E-state index is 2.27. The zero-order valence-electron chi connectivity index (χ0n) is 12.9. The molecule has 0 aromatic heterocycles. The first-order valence-electron chi connectivity index (χ1n) is 7.06. The molecular formula is C20H18Fe2Te2. The summed E-state index contributed by atoms with van der Waals surface area (Å²) < 4.78 is 3.26. The molecule has 3 aromatic rings. The average molecular weight is 625 g/mol. The van der Waals surface area contributed by atoms with E-state index in [0.717, 1.165) is 0 Å². The van der Waals surface area contributed by atoms with Gasteiger partial charge in [0.1, 0.15) is 0 Å². The number of hydrogen-bond donors (Lipinski definition) is 0. The van der Waals surface area contributed by atoms with Gasteiger partial charge in [-0.25, -0.2) is 12.1 Å². The molecule has 0 N–H and O–H groups in total. The SMILES string of the molecule is [CH]1[CH][CH][CH-][CH]1.[Fe+2].[Fe+2].c1c[cH-]c([Te][Te]c2cc[cH-]c2)c1.c1cc[cH-]c1. The molecule has 126 valence electrons. The van der Waals surface area contributed by atoms with Gasteiger partial charge in [-0.1, -0.05) is 12.8 Å². The van der Waals surface area contributed by atoms with Crippen molar-refractivity contribution < 1.29 is 34.1 Å². The summed E-state index contributed by atoms with van der Waals surface area (Å²) in [7, 11) is 0. The molecule has 4 rings (SSSR count). The second-order valence-electron chi connectivity index (χ2n) is 4.33. The van der Waals surface area contributed by atoms with Crippen LogP contribution in [0.25, 0.3) is 0 Å². The summed E-state index contributed by atoms with van der Waals surface area (Å²) in [6, 6.07) is 27.7. The van der Waals surface area contributed by atoms with Crippen molar-refractivity contribution >= 4 is 41.3 Å². The Labute approximate surface area is 184 Å². The van der Waals surface area contributed by atoms with E-state index in [9.17, 15) is 0 Å². The molecule has 0 spiro atoms. The van der Waals surface area contributed by atoms with Gasteiger partial charge in [0, 0.05) is 0 Å². The van der Waals surface area contributed by atoms with Gasteiger partial charge in [-0.3, -0.25) is 0 Å². The summed E-state index contributed by atoms with van der Waals surface area (Å²) >= 11 is 0.338. The summed E-state index contributed by atoms with van der Waals surface area (Å²) in [4.78, 5) is 0. The minimum absolute atomic E-state index is 0. The quantitative estimate of drug-likeness (QED) is 0.311. The largest absolute Gasteiger partial charge is 0.214 e. The minimum atomic E-state index is 0. The van der Waals surface area contributed by atoms with Crippen LogP contribution in [0.3, 0.4) is 0 Å². The van der Waals surface area contributed by atoms with Crippen LogP contribution in [0.15, 0.2) is 78.9 Å². The van der Waals surface area contributed by atoms with E-state index in [4.69, 9.17) is 0 Å². The second-order valence-corrected chi connectivity index (χ2v) is 14.4. The van der Waals surface area contributed by atoms with Crippen molar-refractivity contribution in [3.05, 3.63) is 111 Å². The monoisotopic (exact) mass is 630 g/mol. The third-order valence-corrected chi connectivity index (χ3v) is 14.5. The van der Waals surface area contributed by atoms with Crippen molar-refractivity contribution in [2.75, 3.05) is 0 Å². The van der Waals surface area contributed by atoms with Gasteiger partial charge in [0.25, 0.3) is 0 Å². The Bertz CT molecular complexity index is 479. The Balaban J connectivity index is 0.000000370. The van der Waals surface area contributed by atoms with Crippen LogP contribution in [0, 0.1) is 32.1 Å². The predicted octanol–water partition coefficient (Wildman–Crippen LogP) is 2.82. The molecule has 0 aliphatic heterocycles. The van der Waals surface area contributed by atoms with E-state index >= 15 is 0 Å². The summed E-state index contributed by atoms with van der Waals surface area (Å²) in [5, 5.41) is 0. The fourth-order valence-corrected chi connectivity index (χ4v) is 11.6. The Morgan fingerprint density at radius 2 is 1.46 bits per heavy atom. The van der Waals surface area contributed by atoms with Crippen molar-refractivity contribution in [3.63, 3.8) is 0 Å². The predicted molar refractivity (Wildman–Crippen MR) is 98.4 cm³/mol. The molecule has 0 bridgehead atoms. The molecule has 0 heterocycles. The molecule has 4 radical (unpaired) electrons. The van der Waals surface area contributed by atoms with Crippen LogP contribution in [0.2, 0.25) is 0 Å². The third kappa shape index (κ3) is 12.1. The molecule has 1 aliphatic rings. The zero-order valence-corrected chi connectivity index (χ0v) is 19.8. The Hall–Kier alpha value is 0.668. The van der Waals surface area contributed by atoms with E-state index in [1.165, 1.54) is 0 Å². The van der Waals surface area contributed by atoms with Gasteiger partial charge in [0.15, 0.2) is 0 Å². The molecular weight excluding hydrogens is 607 g/mol. The van der Waals surface area contributed by atoms with Crippen LogP contribution < -0.4 is 7.22 Å². The topological polar surface area (TPSA) is 0 Å². The normalized spacial score (nSPS) is 11.8. The molecule has 1 fully saturated rings. The van der Waals surface area contributed by atoms with E-state index in [-0.39, 0.29) is 68.3 Å². The zero-order chi connectivity index (χ0) is 15.3. The summed E-state index contributed by atoms with van der Waals surface area (Å²) in [5.74, 6) is 0. The standard InChI is InChI=1S/C10H8Te2.2C5H5.2Fe/c1-2-6-9(5-1)11-12-10-7-3-4-8-10;2*1-2-4-5-3-1;;/h1-8H;2*1-5H;;/q-2;2*-1;2*+2. The van der Waals surface area contributed by atoms with Crippen LogP contribution in [0.5, 0.6) is 0 Å². The molecule has 1 aliphatic carbocycles. The minimum Gasteiger partial charge on any atom is -0.214 e. The van der Waals surface area contributed by atoms with E-state index in [1.807, 2.05) is 62.4 Å². The first-order chi connectivity index (χ1) is 10.9. The Morgan fingerprint density at radius 3 is 1.88 bits per heavy atom. The molecule has 0 unspecified atom stereocenters. The molecule has 3 aromatic carbocycles. The molecule has 1 saturated carbocycles. The molecule has 0 nitrogen and oxygen atoms in total. The average Bonchev–Trinajstić information content (AvgIpc) is 3.41. The second kappa shape index (κ2) is 17.1. The van der Waals surface area contributed by atoms with Gasteiger partial charge in [0.2, 0.25) is 0 Å². The maximum Gasteiger partial charge on any atom is -0.172 e. The Morgan fingerprint density at radius 1 is 0.708 bits per heavy atom. The summed E-state index contributed by atoms with van der Waals surface area (Å²) in [6.45, 7) is 0. The van der Waals surface area contributed by atoms with Gasteiger partial charge in [-0.2, -0.15) is 31.0 Å². The third-order valence-electron chi connectivity index (χ3n) is 2.61. The summed E-state index contributed by atoms with van der Waals surface area (Å²) in [5.41, 5.74) is 0. The van der Waals surface area contributed by atoms with Crippen molar-refractivity contribution in [3.8, 4) is 0 Å². The molecule has 0 saturated heterocycles. The molecule has 24 heavy (non-hydrogen) atoms. The van der Waals surface area contributed by atoms with Crippen LogP contribution >= 0.6 is 0 Å². The molecule has 4 heteroatoms. The fourth-order valence-electron chi connectivity index (χ4n) is 1.56. The Kier molecular flexibility index (Phi) is 17.6. The van der Waals surface area contributed by atoms with Crippen LogP contribution in [-0.2, 0) is 34.1 Å². The van der Waals surface area contributed by atoms with Crippen molar-refractivity contribution in [2.24, 2.45) is 0 Å². The first kappa shape index (κ1) is 24.7. The maximum absolute atomic E-state index is 2.27. The molecule has 0 atom stereocenters. The van der Waals surface area contributed by atoms with Crippen molar-refractivity contribution in [1.82, 2.24) is 0 Å². The van der Waals surface area contributed by atoms with Gasteiger partial charge >= 0.3 is 124 Å². The number of rotatable bonds is 3. The van der Waals surface area contributed by atoms with E-state index < -0.39 is 0 Å². The van der Waals surface area contributed by atoms with Gasteiger partial charge in [0.05, 0.1) is 0 Å². The van der Waals surface area contributed by atoms with Gasteiger partial charge in [-0.05, 0) is 0 Å². The van der Waals surface area contributed by atoms with Crippen LogP contribution in [-0.4, -0.2) is 34.1 Å². The van der Waals surface area contributed by atoms with E-state index in [0.29, 0.717) is 0 Å². The smallest absolute Gasteiger partial charge is 0.172 e. The van der Waals surface area contributed by atoms with Crippen LogP contribution in [0.4, 0.5) is 0 Å². The van der Waals surface area contributed by atoms with Crippen LogP contribution in [0.1, 0.15) is 0 Å². The van der Waals surface area contributed by atoms with Gasteiger partial charge in [-0.15, -0.1) is 0 Å². The molecule has 0 amide bonds. The van der Waals surface area contributed by atoms with E-state index in [1.54, 1.807) is 7.22 Å². The fraction of sp³-hybridized carbons (Fsp3) is 0. The van der Waals surface area contributed by atoms with Crippen molar-refractivity contribution in [2.45, 2.75) is 0 Å². The number of hydrogen-bond acceptors (Lipinski definition) is 0. The summed E-state index contributed by atoms with van der Waals surface area (Å²) in [6.07, 6.45) is 10.0. The first-order valence-corrected chi connectivity index (χ1v) is 16.7.